The molecule has 0 radical (unpaired) electrons. The Labute approximate surface area is 122 Å². The van der Waals surface area contributed by atoms with E-state index in [0.717, 1.165) is 11.1 Å². The van der Waals surface area contributed by atoms with Crippen LogP contribution in [0.1, 0.15) is 23.1 Å². The Hall–Kier alpha value is -2.23. The lowest BCUT2D eigenvalue weighted by Crippen LogP contribution is -2.23. The van der Waals surface area contributed by atoms with Crippen LogP contribution in [0.2, 0.25) is 0 Å². The second-order valence-electron chi connectivity index (χ2n) is 4.99. The van der Waals surface area contributed by atoms with Crippen molar-refractivity contribution in [2.24, 2.45) is 0 Å². The molecule has 0 atom stereocenters. The third kappa shape index (κ3) is 4.67. The highest BCUT2D eigenvalue weighted by atomic mass is 19.1. The maximum Gasteiger partial charge on any atom is 0.220 e. The maximum atomic E-state index is 13.1. The van der Waals surface area contributed by atoms with E-state index in [0.29, 0.717) is 24.9 Å². The lowest BCUT2D eigenvalue weighted by Gasteiger charge is -2.07. The summed E-state index contributed by atoms with van der Waals surface area (Å²) in [6.45, 7) is 2.07. The van der Waals surface area contributed by atoms with Crippen molar-refractivity contribution >= 4 is 5.91 Å². The molecule has 0 spiro atoms. The van der Waals surface area contributed by atoms with E-state index in [1.807, 2.05) is 0 Å². The first-order valence-corrected chi connectivity index (χ1v) is 6.81. The molecule has 0 heterocycles. The van der Waals surface area contributed by atoms with Crippen molar-refractivity contribution < 1.29 is 13.6 Å². The summed E-state index contributed by atoms with van der Waals surface area (Å²) in [7, 11) is 0. The zero-order valence-corrected chi connectivity index (χ0v) is 11.8. The molecule has 2 aromatic carbocycles. The molecule has 0 aliphatic rings. The highest BCUT2D eigenvalue weighted by Gasteiger charge is 2.04. The quantitative estimate of drug-likeness (QED) is 0.896. The molecular weight excluding hydrogens is 272 g/mol. The fourth-order valence-corrected chi connectivity index (χ4v) is 2.01. The Balaban J connectivity index is 1.79. The normalized spacial score (nSPS) is 10.4. The van der Waals surface area contributed by atoms with Gasteiger partial charge in [0.25, 0.3) is 0 Å². The largest absolute Gasteiger partial charge is 0.352 e. The Morgan fingerprint density at radius 2 is 1.71 bits per heavy atom. The van der Waals surface area contributed by atoms with Crippen LogP contribution in [0.15, 0.2) is 42.5 Å². The van der Waals surface area contributed by atoms with Gasteiger partial charge in [-0.1, -0.05) is 24.3 Å². The number of halogens is 2. The minimum atomic E-state index is -0.283. The van der Waals surface area contributed by atoms with Gasteiger partial charge in [-0.3, -0.25) is 4.79 Å². The van der Waals surface area contributed by atoms with Crippen LogP contribution in [-0.4, -0.2) is 5.91 Å². The van der Waals surface area contributed by atoms with Gasteiger partial charge in [0.15, 0.2) is 0 Å². The Morgan fingerprint density at radius 1 is 1.05 bits per heavy atom. The summed E-state index contributed by atoms with van der Waals surface area (Å²) in [5, 5.41) is 2.79. The number of rotatable bonds is 5. The summed E-state index contributed by atoms with van der Waals surface area (Å²) in [5.74, 6) is -0.613. The molecule has 0 aliphatic heterocycles. The van der Waals surface area contributed by atoms with Gasteiger partial charge in [-0.15, -0.1) is 0 Å². The smallest absolute Gasteiger partial charge is 0.220 e. The molecule has 0 fully saturated rings. The minimum absolute atomic E-state index is 0.0821. The Kier molecular flexibility index (Phi) is 5.04. The van der Waals surface area contributed by atoms with Crippen LogP contribution in [0.3, 0.4) is 0 Å². The van der Waals surface area contributed by atoms with Crippen LogP contribution in [0, 0.1) is 18.6 Å². The zero-order chi connectivity index (χ0) is 15.2. The standard InChI is InChI=1S/C17H17F2NO/c1-12-10-14(4-8-16(12)19)11-20-17(21)9-5-13-2-6-15(18)7-3-13/h2-4,6-8,10H,5,9,11H2,1H3,(H,20,21). The second-order valence-corrected chi connectivity index (χ2v) is 4.99. The maximum absolute atomic E-state index is 13.1. The monoisotopic (exact) mass is 289 g/mol. The number of carbonyl (C=O) groups is 1. The van der Waals surface area contributed by atoms with Crippen LogP contribution in [0.25, 0.3) is 0 Å². The van der Waals surface area contributed by atoms with Gasteiger partial charge in [-0.25, -0.2) is 8.78 Å². The predicted octanol–water partition coefficient (Wildman–Crippen LogP) is 3.52. The van der Waals surface area contributed by atoms with Crippen LogP contribution >= 0.6 is 0 Å². The molecule has 0 unspecified atom stereocenters. The SMILES string of the molecule is Cc1cc(CNC(=O)CCc2ccc(F)cc2)ccc1F. The van der Waals surface area contributed by atoms with Crippen LogP contribution in [-0.2, 0) is 17.8 Å². The molecule has 4 heteroatoms. The molecule has 0 aromatic heterocycles. The first-order valence-electron chi connectivity index (χ1n) is 6.81. The summed E-state index contributed by atoms with van der Waals surface area (Å²) in [4.78, 5) is 11.7. The summed E-state index contributed by atoms with van der Waals surface area (Å²) in [6, 6.07) is 10.9. The van der Waals surface area contributed by atoms with Gasteiger partial charge < -0.3 is 5.32 Å². The third-order valence-electron chi connectivity index (χ3n) is 3.27. The van der Waals surface area contributed by atoms with Gasteiger partial charge in [-0.2, -0.15) is 0 Å². The molecule has 0 bridgehead atoms. The minimum Gasteiger partial charge on any atom is -0.352 e. The van der Waals surface area contributed by atoms with Crippen molar-refractivity contribution in [3.8, 4) is 0 Å². The number of amides is 1. The van der Waals surface area contributed by atoms with E-state index in [2.05, 4.69) is 5.32 Å². The van der Waals surface area contributed by atoms with Crippen LogP contribution in [0.5, 0.6) is 0 Å². The molecule has 21 heavy (non-hydrogen) atoms. The number of hydrogen-bond donors (Lipinski definition) is 1. The number of aryl methyl sites for hydroxylation is 2. The van der Waals surface area contributed by atoms with Crippen molar-refractivity contribution in [1.82, 2.24) is 5.32 Å². The summed E-state index contributed by atoms with van der Waals surface area (Å²) in [6.07, 6.45) is 0.903. The molecule has 2 nitrogen and oxygen atoms in total. The highest BCUT2D eigenvalue weighted by Crippen LogP contribution is 2.09. The first kappa shape index (κ1) is 15.2. The van der Waals surface area contributed by atoms with Crippen molar-refractivity contribution in [1.29, 1.82) is 0 Å². The van der Waals surface area contributed by atoms with E-state index in [1.54, 1.807) is 31.2 Å². The molecule has 0 saturated heterocycles. The van der Waals surface area contributed by atoms with Crippen molar-refractivity contribution in [3.63, 3.8) is 0 Å². The number of hydrogen-bond acceptors (Lipinski definition) is 1. The second kappa shape index (κ2) is 6.97. The summed E-state index contributed by atoms with van der Waals surface area (Å²) < 4.78 is 25.9. The van der Waals surface area contributed by atoms with Crippen LogP contribution < -0.4 is 5.32 Å². The molecule has 2 aromatic rings. The number of carbonyl (C=O) groups excluding carboxylic acids is 1. The summed E-state index contributed by atoms with van der Waals surface area (Å²) in [5.41, 5.74) is 2.35. The van der Waals surface area contributed by atoms with Crippen molar-refractivity contribution in [3.05, 3.63) is 70.8 Å². The van der Waals surface area contributed by atoms with Gasteiger partial charge in [0, 0.05) is 13.0 Å². The van der Waals surface area contributed by atoms with E-state index in [4.69, 9.17) is 0 Å². The van der Waals surface area contributed by atoms with Crippen LogP contribution in [0.4, 0.5) is 8.78 Å². The fourth-order valence-electron chi connectivity index (χ4n) is 2.01. The lowest BCUT2D eigenvalue weighted by molar-refractivity contribution is -0.121. The fraction of sp³-hybridized carbons (Fsp3) is 0.235. The Morgan fingerprint density at radius 3 is 2.38 bits per heavy atom. The number of benzene rings is 2. The van der Waals surface area contributed by atoms with Crippen molar-refractivity contribution in [2.45, 2.75) is 26.3 Å². The van der Waals surface area contributed by atoms with E-state index < -0.39 is 0 Å². The topological polar surface area (TPSA) is 29.1 Å². The molecule has 1 amide bonds. The van der Waals surface area contributed by atoms with E-state index in [9.17, 15) is 13.6 Å². The molecule has 1 N–H and O–H groups in total. The highest BCUT2D eigenvalue weighted by molar-refractivity contribution is 5.76. The first-order chi connectivity index (χ1) is 10.0. The van der Waals surface area contributed by atoms with Gasteiger partial charge in [-0.05, 0) is 48.2 Å². The predicted molar refractivity (Wildman–Crippen MR) is 77.7 cm³/mol. The van der Waals surface area contributed by atoms with E-state index in [1.165, 1.54) is 18.2 Å². The van der Waals surface area contributed by atoms with Gasteiger partial charge in [0.1, 0.15) is 11.6 Å². The van der Waals surface area contributed by atoms with Gasteiger partial charge in [0.2, 0.25) is 5.91 Å². The Bertz CT molecular complexity index is 623. The molecule has 110 valence electrons. The molecular formula is C17H17F2NO. The van der Waals surface area contributed by atoms with E-state index in [-0.39, 0.29) is 17.5 Å². The summed E-state index contributed by atoms with van der Waals surface area (Å²) >= 11 is 0. The molecule has 0 aliphatic carbocycles. The number of nitrogens with one attached hydrogen (secondary N) is 1. The van der Waals surface area contributed by atoms with E-state index >= 15 is 0 Å². The molecule has 0 saturated carbocycles. The lowest BCUT2D eigenvalue weighted by atomic mass is 10.1. The average molecular weight is 289 g/mol. The average Bonchev–Trinajstić information content (AvgIpc) is 2.48. The molecule has 2 rings (SSSR count). The van der Waals surface area contributed by atoms with Gasteiger partial charge >= 0.3 is 0 Å². The third-order valence-corrected chi connectivity index (χ3v) is 3.27. The van der Waals surface area contributed by atoms with Crippen molar-refractivity contribution in [2.75, 3.05) is 0 Å². The van der Waals surface area contributed by atoms with Gasteiger partial charge in [0.05, 0.1) is 0 Å². The zero-order valence-electron chi connectivity index (χ0n) is 11.8.